The van der Waals surface area contributed by atoms with Crippen LogP contribution in [0.25, 0.3) is 5.76 Å². The average Bonchev–Trinajstić information content (AvgIpc) is 2.21. The third-order valence-electron chi connectivity index (χ3n) is 1.73. The molecule has 5 nitrogen and oxygen atoms in total. The van der Waals surface area contributed by atoms with Crippen molar-refractivity contribution in [1.82, 2.24) is 0 Å². The minimum Gasteiger partial charge on any atom is -0.507 e. The fourth-order valence-corrected chi connectivity index (χ4v) is 1.45. The van der Waals surface area contributed by atoms with Gasteiger partial charge in [0, 0.05) is 11.6 Å². The summed E-state index contributed by atoms with van der Waals surface area (Å²) in [6.45, 7) is 0. The Balaban J connectivity index is 3.15. The number of aromatic hydroxyl groups is 1. The van der Waals surface area contributed by atoms with E-state index in [4.69, 9.17) is 5.11 Å². The molecule has 1 rings (SSSR count). The lowest BCUT2D eigenvalue weighted by molar-refractivity contribution is -0.146. The number of aliphatic hydroxyl groups is 1. The Kier molecular flexibility index (Phi) is 3.68. The van der Waals surface area contributed by atoms with Gasteiger partial charge < -0.3 is 15.3 Å². The summed E-state index contributed by atoms with van der Waals surface area (Å²) in [5.41, 5.74) is 0.134. The number of rotatable bonds is 3. The maximum absolute atomic E-state index is 10.8. The van der Waals surface area contributed by atoms with Crippen molar-refractivity contribution in [1.29, 1.82) is 0 Å². The van der Waals surface area contributed by atoms with Crippen molar-refractivity contribution in [2.45, 2.75) is 0 Å². The number of aliphatic carboxylic acids is 1. The van der Waals surface area contributed by atoms with Crippen LogP contribution in [0.1, 0.15) is 5.56 Å². The molecule has 1 aromatic rings. The highest BCUT2D eigenvalue weighted by atomic mass is 79.9. The van der Waals surface area contributed by atoms with Crippen molar-refractivity contribution >= 4 is 33.4 Å². The number of halogens is 1. The van der Waals surface area contributed by atoms with Gasteiger partial charge in [-0.2, -0.15) is 0 Å². The molecular formula is C10H7BrO5. The molecule has 0 atom stereocenters. The molecule has 0 aromatic heterocycles. The second-order valence-corrected chi connectivity index (χ2v) is 3.63. The minimum atomic E-state index is -1.66. The van der Waals surface area contributed by atoms with E-state index in [1.807, 2.05) is 0 Å². The van der Waals surface area contributed by atoms with E-state index >= 15 is 0 Å². The molecule has 16 heavy (non-hydrogen) atoms. The number of phenols is 1. The molecule has 0 spiro atoms. The maximum Gasteiger partial charge on any atom is 0.376 e. The van der Waals surface area contributed by atoms with Gasteiger partial charge >= 0.3 is 5.97 Å². The van der Waals surface area contributed by atoms with Crippen molar-refractivity contribution in [3.8, 4) is 5.75 Å². The number of carbonyl (C=O) groups is 2. The van der Waals surface area contributed by atoms with Crippen LogP contribution in [-0.2, 0) is 9.59 Å². The molecule has 0 aliphatic rings. The highest BCUT2D eigenvalue weighted by Gasteiger charge is 2.13. The lowest BCUT2D eigenvalue weighted by Crippen LogP contribution is -2.09. The van der Waals surface area contributed by atoms with Gasteiger partial charge in [0.2, 0.25) is 0 Å². The second kappa shape index (κ2) is 4.80. The molecule has 0 fully saturated rings. The minimum absolute atomic E-state index is 0.125. The Morgan fingerprint density at radius 1 is 1.25 bits per heavy atom. The molecule has 0 radical (unpaired) electrons. The van der Waals surface area contributed by atoms with Gasteiger partial charge in [0.1, 0.15) is 11.5 Å². The number of hydrogen-bond donors (Lipinski definition) is 3. The zero-order valence-corrected chi connectivity index (χ0v) is 9.43. The molecular weight excluding hydrogens is 280 g/mol. The number of benzene rings is 1. The number of phenolic OH excluding ortho intramolecular Hbond substituents is 1. The van der Waals surface area contributed by atoms with Crippen LogP contribution in [0.5, 0.6) is 5.75 Å². The summed E-state index contributed by atoms with van der Waals surface area (Å²) in [4.78, 5) is 21.1. The van der Waals surface area contributed by atoms with Gasteiger partial charge in [-0.25, -0.2) is 4.79 Å². The summed E-state index contributed by atoms with van der Waals surface area (Å²) in [6.07, 6.45) is 0.571. The van der Waals surface area contributed by atoms with E-state index in [1.165, 1.54) is 18.2 Å². The maximum atomic E-state index is 10.8. The Labute approximate surface area is 98.8 Å². The molecule has 0 aliphatic heterocycles. The summed E-state index contributed by atoms with van der Waals surface area (Å²) < 4.78 is 0.182. The molecule has 0 heterocycles. The van der Waals surface area contributed by atoms with Crippen LogP contribution in [0, 0.1) is 0 Å². The second-order valence-electron chi connectivity index (χ2n) is 2.84. The number of aliphatic hydroxyl groups excluding tert-OH is 1. The van der Waals surface area contributed by atoms with E-state index in [0.717, 1.165) is 0 Å². The van der Waals surface area contributed by atoms with Crippen molar-refractivity contribution in [3.63, 3.8) is 0 Å². The van der Waals surface area contributed by atoms with E-state index < -0.39 is 17.5 Å². The first-order valence-electron chi connectivity index (χ1n) is 4.09. The number of carbonyl (C=O) groups excluding carboxylic acids is 1. The van der Waals surface area contributed by atoms with Crippen molar-refractivity contribution in [2.24, 2.45) is 0 Å². The van der Waals surface area contributed by atoms with Gasteiger partial charge in [-0.3, -0.25) is 4.79 Å². The predicted octanol–water partition coefficient (Wildman–Crippen LogP) is 1.71. The van der Waals surface area contributed by atoms with Crippen LogP contribution in [0.3, 0.4) is 0 Å². The highest BCUT2D eigenvalue weighted by Crippen LogP contribution is 2.30. The van der Waals surface area contributed by atoms with Crippen LogP contribution < -0.4 is 0 Å². The van der Waals surface area contributed by atoms with Gasteiger partial charge in [-0.1, -0.05) is 6.07 Å². The van der Waals surface area contributed by atoms with E-state index in [2.05, 4.69) is 15.9 Å². The largest absolute Gasteiger partial charge is 0.507 e. The standard InChI is InChI=1S/C10H7BrO5/c11-9-5(2-1-3-6(9)12)7(13)4-8(14)10(15)16/h1-4,12-13H,(H,15,16)/b7-4-. The predicted molar refractivity (Wildman–Crippen MR) is 59.1 cm³/mol. The van der Waals surface area contributed by atoms with E-state index in [-0.39, 0.29) is 15.8 Å². The zero-order valence-electron chi connectivity index (χ0n) is 7.85. The Bertz CT molecular complexity index is 478. The van der Waals surface area contributed by atoms with Crippen LogP contribution in [0.4, 0.5) is 0 Å². The van der Waals surface area contributed by atoms with Gasteiger partial charge in [0.05, 0.1) is 4.47 Å². The van der Waals surface area contributed by atoms with Gasteiger partial charge in [0.15, 0.2) is 0 Å². The molecule has 1 aromatic carbocycles. The lowest BCUT2D eigenvalue weighted by Gasteiger charge is -2.04. The normalized spacial score (nSPS) is 11.2. The van der Waals surface area contributed by atoms with Gasteiger partial charge in [-0.05, 0) is 28.1 Å². The van der Waals surface area contributed by atoms with Crippen LogP contribution in [-0.4, -0.2) is 27.1 Å². The number of ketones is 1. The summed E-state index contributed by atoms with van der Waals surface area (Å²) in [5, 5.41) is 27.1. The summed E-state index contributed by atoms with van der Waals surface area (Å²) in [5.74, 6) is -3.56. The van der Waals surface area contributed by atoms with Crippen molar-refractivity contribution in [3.05, 3.63) is 34.3 Å². The van der Waals surface area contributed by atoms with Crippen molar-refractivity contribution < 1.29 is 24.9 Å². The third kappa shape index (κ3) is 2.60. The molecule has 0 saturated carbocycles. The SMILES string of the molecule is O=C(O)C(=O)/C=C(\O)c1cccc(O)c1Br. The quantitative estimate of drug-likeness (QED) is 0.447. The fraction of sp³-hybridized carbons (Fsp3) is 0. The third-order valence-corrected chi connectivity index (χ3v) is 2.57. The molecule has 0 unspecified atom stereocenters. The molecule has 0 aliphatic carbocycles. The number of carboxylic acids is 1. The van der Waals surface area contributed by atoms with Gasteiger partial charge in [0.25, 0.3) is 5.78 Å². The Morgan fingerprint density at radius 2 is 1.88 bits per heavy atom. The monoisotopic (exact) mass is 286 g/mol. The molecule has 84 valence electrons. The summed E-state index contributed by atoms with van der Waals surface area (Å²) >= 11 is 3.00. The molecule has 3 N–H and O–H groups in total. The van der Waals surface area contributed by atoms with Crippen LogP contribution in [0.2, 0.25) is 0 Å². The Morgan fingerprint density at radius 3 is 2.44 bits per heavy atom. The first kappa shape index (κ1) is 12.3. The first-order valence-corrected chi connectivity index (χ1v) is 4.88. The smallest absolute Gasteiger partial charge is 0.376 e. The highest BCUT2D eigenvalue weighted by molar-refractivity contribution is 9.10. The molecule has 0 saturated heterocycles. The van der Waals surface area contributed by atoms with Crippen LogP contribution >= 0.6 is 15.9 Å². The Hall–Kier alpha value is -1.82. The number of hydrogen-bond acceptors (Lipinski definition) is 4. The average molecular weight is 287 g/mol. The van der Waals surface area contributed by atoms with E-state index in [9.17, 15) is 19.8 Å². The van der Waals surface area contributed by atoms with Crippen molar-refractivity contribution in [2.75, 3.05) is 0 Å². The fourth-order valence-electron chi connectivity index (χ4n) is 0.981. The van der Waals surface area contributed by atoms with E-state index in [1.54, 1.807) is 0 Å². The zero-order chi connectivity index (χ0) is 12.3. The molecule has 0 bridgehead atoms. The molecule has 6 heteroatoms. The lowest BCUT2D eigenvalue weighted by atomic mass is 10.1. The van der Waals surface area contributed by atoms with E-state index in [0.29, 0.717) is 6.08 Å². The first-order chi connectivity index (χ1) is 7.43. The summed E-state index contributed by atoms with van der Waals surface area (Å²) in [6, 6.07) is 4.25. The topological polar surface area (TPSA) is 94.8 Å². The van der Waals surface area contributed by atoms with Gasteiger partial charge in [-0.15, -0.1) is 0 Å². The number of carboxylic acid groups (broad SMARTS) is 1. The van der Waals surface area contributed by atoms with Crippen LogP contribution in [0.15, 0.2) is 28.7 Å². The summed E-state index contributed by atoms with van der Waals surface area (Å²) in [7, 11) is 0. The molecule has 0 amide bonds.